The van der Waals surface area contributed by atoms with Crippen LogP contribution in [0.3, 0.4) is 0 Å². The first-order valence-electron chi connectivity index (χ1n) is 10.4. The zero-order valence-electron chi connectivity index (χ0n) is 17.8. The van der Waals surface area contributed by atoms with Crippen molar-refractivity contribution in [3.8, 4) is 5.75 Å². The third-order valence-electron chi connectivity index (χ3n) is 5.48. The Balaban J connectivity index is 1.81. The van der Waals surface area contributed by atoms with Gasteiger partial charge in [0.05, 0.1) is 18.0 Å². The molecule has 1 atom stereocenters. The van der Waals surface area contributed by atoms with Crippen LogP contribution in [-0.4, -0.2) is 38.8 Å². The first-order chi connectivity index (χ1) is 14.3. The Labute approximate surface area is 179 Å². The minimum absolute atomic E-state index is 0.155. The van der Waals surface area contributed by atoms with E-state index in [1.807, 2.05) is 38.1 Å². The molecule has 1 fully saturated rings. The smallest absolute Gasteiger partial charge is 0.251 e. The molecule has 30 heavy (non-hydrogen) atoms. The number of methoxy groups -OCH3 is 1. The largest absolute Gasteiger partial charge is 0.497 e. The van der Waals surface area contributed by atoms with Gasteiger partial charge in [0.15, 0.2) is 0 Å². The highest BCUT2D eigenvalue weighted by Gasteiger charge is 2.27. The highest BCUT2D eigenvalue weighted by Crippen LogP contribution is 2.25. The number of amides is 1. The average molecular weight is 431 g/mol. The van der Waals surface area contributed by atoms with Crippen LogP contribution >= 0.6 is 0 Å². The van der Waals surface area contributed by atoms with Gasteiger partial charge in [-0.05, 0) is 54.7 Å². The lowest BCUT2D eigenvalue weighted by Crippen LogP contribution is -2.36. The average Bonchev–Trinajstić information content (AvgIpc) is 2.78. The summed E-state index contributed by atoms with van der Waals surface area (Å²) in [6.45, 7) is 5.14. The fourth-order valence-corrected chi connectivity index (χ4v) is 5.29. The maximum atomic E-state index is 13.0. The topological polar surface area (TPSA) is 75.7 Å². The number of ether oxygens (including phenoxy) is 1. The van der Waals surface area contributed by atoms with E-state index in [1.54, 1.807) is 25.3 Å². The molecule has 0 aliphatic carbocycles. The summed E-state index contributed by atoms with van der Waals surface area (Å²) in [6.07, 6.45) is 2.80. The van der Waals surface area contributed by atoms with Gasteiger partial charge in [0.25, 0.3) is 5.91 Å². The lowest BCUT2D eigenvalue weighted by Gasteiger charge is -2.26. The quantitative estimate of drug-likeness (QED) is 0.720. The van der Waals surface area contributed by atoms with Gasteiger partial charge in [0.1, 0.15) is 5.75 Å². The lowest BCUT2D eigenvalue weighted by molar-refractivity contribution is 0.0925. The number of rotatable bonds is 7. The molecule has 7 heteroatoms. The van der Waals surface area contributed by atoms with E-state index in [0.29, 0.717) is 18.7 Å². The van der Waals surface area contributed by atoms with Gasteiger partial charge in [0, 0.05) is 18.7 Å². The standard InChI is InChI=1S/C23H30N2O4S/c1-17(2)22(18-10-12-20(29-3)13-11-18)24-23(26)19-8-7-9-21(16-19)30(27,28)25-14-5-4-6-15-25/h7-13,16-17,22H,4-6,14-15H2,1-3H3,(H,24,26). The van der Waals surface area contributed by atoms with Crippen LogP contribution in [0, 0.1) is 5.92 Å². The Morgan fingerprint density at radius 2 is 1.70 bits per heavy atom. The SMILES string of the molecule is COc1ccc(C(NC(=O)c2cccc(S(=O)(=O)N3CCCCC3)c2)C(C)C)cc1. The van der Waals surface area contributed by atoms with Crippen molar-refractivity contribution in [2.75, 3.05) is 20.2 Å². The molecule has 1 aliphatic heterocycles. The van der Waals surface area contributed by atoms with Crippen molar-refractivity contribution < 1.29 is 17.9 Å². The molecular formula is C23H30N2O4S. The zero-order valence-corrected chi connectivity index (χ0v) is 18.6. The molecule has 1 unspecified atom stereocenters. The normalized spacial score (nSPS) is 16.3. The molecule has 6 nitrogen and oxygen atoms in total. The van der Waals surface area contributed by atoms with E-state index in [9.17, 15) is 13.2 Å². The van der Waals surface area contributed by atoms with Gasteiger partial charge in [0.2, 0.25) is 10.0 Å². The minimum Gasteiger partial charge on any atom is -0.497 e. The van der Waals surface area contributed by atoms with Crippen LogP contribution in [0.1, 0.15) is 55.1 Å². The van der Waals surface area contributed by atoms with Crippen molar-refractivity contribution in [2.24, 2.45) is 5.92 Å². The number of hydrogen-bond acceptors (Lipinski definition) is 4. The molecule has 1 N–H and O–H groups in total. The van der Waals surface area contributed by atoms with Crippen LogP contribution in [0.2, 0.25) is 0 Å². The van der Waals surface area contributed by atoms with E-state index in [4.69, 9.17) is 4.74 Å². The second-order valence-corrected chi connectivity index (χ2v) is 9.90. The van der Waals surface area contributed by atoms with Gasteiger partial charge in [-0.3, -0.25) is 4.79 Å². The maximum absolute atomic E-state index is 13.0. The fourth-order valence-electron chi connectivity index (χ4n) is 3.72. The van der Waals surface area contributed by atoms with Crippen LogP contribution in [-0.2, 0) is 10.0 Å². The lowest BCUT2D eigenvalue weighted by atomic mass is 9.95. The Morgan fingerprint density at radius 3 is 2.30 bits per heavy atom. The molecule has 1 aliphatic rings. The number of piperidine rings is 1. The van der Waals surface area contributed by atoms with Crippen molar-refractivity contribution >= 4 is 15.9 Å². The van der Waals surface area contributed by atoms with E-state index in [0.717, 1.165) is 30.6 Å². The molecule has 2 aromatic carbocycles. The first kappa shape index (κ1) is 22.3. The predicted molar refractivity (Wildman–Crippen MR) is 117 cm³/mol. The van der Waals surface area contributed by atoms with Gasteiger partial charge < -0.3 is 10.1 Å². The van der Waals surface area contributed by atoms with Gasteiger partial charge in [-0.2, -0.15) is 4.31 Å². The summed E-state index contributed by atoms with van der Waals surface area (Å²) in [7, 11) is -1.97. The summed E-state index contributed by atoms with van der Waals surface area (Å²) in [5, 5.41) is 3.06. The van der Waals surface area contributed by atoms with Crippen LogP contribution < -0.4 is 10.1 Å². The second-order valence-electron chi connectivity index (χ2n) is 7.96. The Kier molecular flexibility index (Phi) is 7.15. The third-order valence-corrected chi connectivity index (χ3v) is 7.37. The number of carbonyl (C=O) groups excluding carboxylic acids is 1. The van der Waals surface area contributed by atoms with Crippen LogP contribution in [0.4, 0.5) is 0 Å². The van der Waals surface area contributed by atoms with Crippen LogP contribution in [0.25, 0.3) is 0 Å². The number of nitrogens with one attached hydrogen (secondary N) is 1. The van der Waals surface area contributed by atoms with Crippen LogP contribution in [0.15, 0.2) is 53.4 Å². The molecule has 1 saturated heterocycles. The molecule has 0 saturated carbocycles. The summed E-state index contributed by atoms with van der Waals surface area (Å²) in [4.78, 5) is 13.1. The predicted octanol–water partition coefficient (Wildman–Crippen LogP) is 4.00. The molecule has 0 bridgehead atoms. The molecule has 0 spiro atoms. The Morgan fingerprint density at radius 1 is 1.03 bits per heavy atom. The summed E-state index contributed by atoms with van der Waals surface area (Å²) < 4.78 is 32.6. The van der Waals surface area contributed by atoms with Crippen molar-refractivity contribution in [1.29, 1.82) is 0 Å². The summed E-state index contributed by atoms with van der Waals surface area (Å²) in [6, 6.07) is 13.7. The van der Waals surface area contributed by atoms with E-state index in [1.165, 1.54) is 10.4 Å². The minimum atomic E-state index is -3.58. The fraction of sp³-hybridized carbons (Fsp3) is 0.435. The van der Waals surface area contributed by atoms with Gasteiger partial charge >= 0.3 is 0 Å². The van der Waals surface area contributed by atoms with Crippen molar-refractivity contribution in [3.05, 3.63) is 59.7 Å². The first-order valence-corrected chi connectivity index (χ1v) is 11.8. The number of carbonyl (C=O) groups is 1. The summed E-state index contributed by atoms with van der Waals surface area (Å²) >= 11 is 0. The van der Waals surface area contributed by atoms with Gasteiger partial charge in [-0.1, -0.05) is 38.5 Å². The van der Waals surface area contributed by atoms with Crippen molar-refractivity contribution in [1.82, 2.24) is 9.62 Å². The molecule has 1 heterocycles. The molecule has 0 aromatic heterocycles. The summed E-state index contributed by atoms with van der Waals surface area (Å²) in [5.74, 6) is 0.617. The van der Waals surface area contributed by atoms with Crippen molar-refractivity contribution in [3.63, 3.8) is 0 Å². The van der Waals surface area contributed by atoms with Gasteiger partial charge in [-0.25, -0.2) is 8.42 Å². The Bertz CT molecular complexity index is 965. The summed E-state index contributed by atoms with van der Waals surface area (Å²) in [5.41, 5.74) is 1.31. The Hall–Kier alpha value is -2.38. The molecule has 0 radical (unpaired) electrons. The number of benzene rings is 2. The van der Waals surface area contributed by atoms with E-state index < -0.39 is 10.0 Å². The van der Waals surface area contributed by atoms with E-state index in [2.05, 4.69) is 5.32 Å². The highest BCUT2D eigenvalue weighted by atomic mass is 32.2. The third kappa shape index (κ3) is 5.02. The van der Waals surface area contributed by atoms with E-state index in [-0.39, 0.29) is 22.8 Å². The number of hydrogen-bond donors (Lipinski definition) is 1. The molecule has 3 rings (SSSR count). The zero-order chi connectivity index (χ0) is 21.7. The number of sulfonamides is 1. The maximum Gasteiger partial charge on any atom is 0.251 e. The number of nitrogens with zero attached hydrogens (tertiary/aromatic N) is 1. The van der Waals surface area contributed by atoms with Gasteiger partial charge in [-0.15, -0.1) is 0 Å². The van der Waals surface area contributed by atoms with E-state index >= 15 is 0 Å². The monoisotopic (exact) mass is 430 g/mol. The molecule has 2 aromatic rings. The highest BCUT2D eigenvalue weighted by molar-refractivity contribution is 7.89. The molecule has 162 valence electrons. The molecular weight excluding hydrogens is 400 g/mol. The second kappa shape index (κ2) is 9.62. The van der Waals surface area contributed by atoms with Crippen LogP contribution in [0.5, 0.6) is 5.75 Å². The molecule has 1 amide bonds. The van der Waals surface area contributed by atoms with Crippen molar-refractivity contribution in [2.45, 2.75) is 44.0 Å².